The van der Waals surface area contributed by atoms with Crippen LogP contribution in [-0.2, 0) is 16.1 Å². The SMILES string of the molecule is COc1ccc(CN2C(=O)OC[C@H]2C(=O)NC2CC2)cc1. The van der Waals surface area contributed by atoms with Crippen molar-refractivity contribution in [2.75, 3.05) is 13.7 Å². The van der Waals surface area contributed by atoms with Gasteiger partial charge < -0.3 is 14.8 Å². The second-order valence-corrected chi connectivity index (χ2v) is 5.35. The molecule has 3 rings (SSSR count). The average Bonchev–Trinajstić information content (AvgIpc) is 3.23. The lowest BCUT2D eigenvalue weighted by Gasteiger charge is -2.20. The minimum Gasteiger partial charge on any atom is -0.497 e. The molecule has 1 aromatic rings. The van der Waals surface area contributed by atoms with E-state index in [-0.39, 0.29) is 18.6 Å². The van der Waals surface area contributed by atoms with Crippen LogP contribution in [0.15, 0.2) is 24.3 Å². The largest absolute Gasteiger partial charge is 0.497 e. The van der Waals surface area contributed by atoms with E-state index in [2.05, 4.69) is 5.32 Å². The Morgan fingerprint density at radius 2 is 2.10 bits per heavy atom. The number of hydrogen-bond donors (Lipinski definition) is 1. The Morgan fingerprint density at radius 1 is 1.38 bits per heavy atom. The lowest BCUT2D eigenvalue weighted by molar-refractivity contribution is -0.125. The van der Waals surface area contributed by atoms with E-state index in [0.29, 0.717) is 6.54 Å². The number of amides is 2. The third kappa shape index (κ3) is 3.09. The number of nitrogens with one attached hydrogen (secondary N) is 1. The second kappa shape index (κ2) is 5.63. The van der Waals surface area contributed by atoms with Gasteiger partial charge in [-0.3, -0.25) is 9.69 Å². The van der Waals surface area contributed by atoms with E-state index in [1.807, 2.05) is 24.3 Å². The zero-order valence-electron chi connectivity index (χ0n) is 11.9. The van der Waals surface area contributed by atoms with Gasteiger partial charge in [-0.1, -0.05) is 12.1 Å². The summed E-state index contributed by atoms with van der Waals surface area (Å²) in [7, 11) is 1.60. The van der Waals surface area contributed by atoms with Gasteiger partial charge in [0.15, 0.2) is 0 Å². The van der Waals surface area contributed by atoms with Crippen LogP contribution < -0.4 is 10.1 Å². The molecule has 1 aromatic carbocycles. The molecule has 0 bridgehead atoms. The van der Waals surface area contributed by atoms with Crippen molar-refractivity contribution in [3.05, 3.63) is 29.8 Å². The molecule has 1 aliphatic heterocycles. The zero-order chi connectivity index (χ0) is 14.8. The lowest BCUT2D eigenvalue weighted by Crippen LogP contribution is -2.46. The molecule has 0 aromatic heterocycles. The van der Waals surface area contributed by atoms with Gasteiger partial charge in [-0.2, -0.15) is 0 Å². The molecule has 1 atom stereocenters. The van der Waals surface area contributed by atoms with Crippen molar-refractivity contribution < 1.29 is 19.1 Å². The van der Waals surface area contributed by atoms with Crippen LogP contribution in [0.1, 0.15) is 18.4 Å². The van der Waals surface area contributed by atoms with Gasteiger partial charge in [0.2, 0.25) is 5.91 Å². The smallest absolute Gasteiger partial charge is 0.410 e. The summed E-state index contributed by atoms with van der Waals surface area (Å²) in [5, 5.41) is 2.92. The van der Waals surface area contributed by atoms with E-state index in [9.17, 15) is 9.59 Å². The van der Waals surface area contributed by atoms with Gasteiger partial charge >= 0.3 is 6.09 Å². The van der Waals surface area contributed by atoms with Gasteiger partial charge in [0, 0.05) is 6.04 Å². The first-order valence-electron chi connectivity index (χ1n) is 7.04. The molecule has 6 heteroatoms. The van der Waals surface area contributed by atoms with Crippen LogP contribution in [0, 0.1) is 0 Å². The first-order chi connectivity index (χ1) is 10.2. The predicted octanol–water partition coefficient (Wildman–Crippen LogP) is 1.29. The number of carbonyl (C=O) groups is 2. The highest BCUT2D eigenvalue weighted by Crippen LogP contribution is 2.22. The van der Waals surface area contributed by atoms with Gasteiger partial charge in [0.1, 0.15) is 18.4 Å². The molecule has 1 saturated carbocycles. The van der Waals surface area contributed by atoms with Crippen molar-refractivity contribution >= 4 is 12.0 Å². The minimum atomic E-state index is -0.541. The number of benzene rings is 1. The Morgan fingerprint density at radius 3 is 2.71 bits per heavy atom. The summed E-state index contributed by atoms with van der Waals surface area (Å²) in [6.45, 7) is 0.471. The van der Waals surface area contributed by atoms with E-state index in [1.54, 1.807) is 7.11 Å². The van der Waals surface area contributed by atoms with Gasteiger partial charge in [-0.15, -0.1) is 0 Å². The van der Waals surface area contributed by atoms with Gasteiger partial charge in [-0.25, -0.2) is 4.79 Å². The molecule has 2 amide bonds. The molecule has 0 spiro atoms. The highest BCUT2D eigenvalue weighted by atomic mass is 16.6. The normalized spacial score (nSPS) is 21.1. The molecule has 0 radical (unpaired) electrons. The Kier molecular flexibility index (Phi) is 3.68. The summed E-state index contributed by atoms with van der Waals surface area (Å²) in [6.07, 6.45) is 1.60. The monoisotopic (exact) mass is 290 g/mol. The third-order valence-electron chi connectivity index (χ3n) is 3.71. The molecular weight excluding hydrogens is 272 g/mol. The maximum absolute atomic E-state index is 12.1. The molecular formula is C15H18N2O4. The first kappa shape index (κ1) is 13.7. The summed E-state index contributed by atoms with van der Waals surface area (Å²) >= 11 is 0. The van der Waals surface area contributed by atoms with Crippen LogP contribution in [0.5, 0.6) is 5.75 Å². The quantitative estimate of drug-likeness (QED) is 0.887. The van der Waals surface area contributed by atoms with E-state index in [4.69, 9.17) is 9.47 Å². The average molecular weight is 290 g/mol. The fourth-order valence-corrected chi connectivity index (χ4v) is 2.30. The molecule has 6 nitrogen and oxygen atoms in total. The van der Waals surface area contributed by atoms with Gasteiger partial charge in [-0.05, 0) is 30.5 Å². The number of rotatable bonds is 5. The van der Waals surface area contributed by atoms with Crippen molar-refractivity contribution in [3.8, 4) is 5.75 Å². The molecule has 1 aliphatic carbocycles. The van der Waals surface area contributed by atoms with Crippen molar-refractivity contribution in [2.24, 2.45) is 0 Å². The summed E-state index contributed by atoms with van der Waals surface area (Å²) in [6, 6.07) is 7.14. The highest BCUT2D eigenvalue weighted by molar-refractivity contribution is 5.88. The van der Waals surface area contributed by atoms with Crippen LogP contribution in [0.25, 0.3) is 0 Å². The number of cyclic esters (lactones) is 1. The van der Waals surface area contributed by atoms with Crippen LogP contribution in [0.2, 0.25) is 0 Å². The Labute approximate surface area is 123 Å². The molecule has 21 heavy (non-hydrogen) atoms. The van der Waals surface area contributed by atoms with Crippen molar-refractivity contribution in [1.82, 2.24) is 10.2 Å². The Balaban J connectivity index is 1.67. The third-order valence-corrected chi connectivity index (χ3v) is 3.71. The lowest BCUT2D eigenvalue weighted by atomic mass is 10.1. The van der Waals surface area contributed by atoms with Crippen LogP contribution >= 0.6 is 0 Å². The standard InChI is InChI=1S/C15H18N2O4/c1-20-12-6-2-10(3-7-12)8-17-13(9-21-15(17)19)14(18)16-11-4-5-11/h2-3,6-7,11,13H,4-5,8-9H2,1H3,(H,16,18)/t13-/m0/s1. The molecule has 1 heterocycles. The van der Waals surface area contributed by atoms with Gasteiger partial charge in [0.05, 0.1) is 13.7 Å². The van der Waals surface area contributed by atoms with E-state index in [1.165, 1.54) is 4.90 Å². The minimum absolute atomic E-state index is 0.119. The van der Waals surface area contributed by atoms with Crippen LogP contribution in [0.3, 0.4) is 0 Å². The maximum Gasteiger partial charge on any atom is 0.410 e. The highest BCUT2D eigenvalue weighted by Gasteiger charge is 2.39. The van der Waals surface area contributed by atoms with E-state index >= 15 is 0 Å². The summed E-state index contributed by atoms with van der Waals surface area (Å²) in [5.41, 5.74) is 0.930. The topological polar surface area (TPSA) is 67.9 Å². The van der Waals surface area contributed by atoms with Gasteiger partial charge in [0.25, 0.3) is 0 Å². The molecule has 112 valence electrons. The number of hydrogen-bond acceptors (Lipinski definition) is 4. The second-order valence-electron chi connectivity index (χ2n) is 5.35. The molecule has 0 unspecified atom stereocenters. The molecule has 2 fully saturated rings. The number of nitrogens with zero attached hydrogens (tertiary/aromatic N) is 1. The fourth-order valence-electron chi connectivity index (χ4n) is 2.30. The summed E-state index contributed by atoms with van der Waals surface area (Å²) in [5.74, 6) is 0.627. The van der Waals surface area contributed by atoms with E-state index in [0.717, 1.165) is 24.2 Å². The van der Waals surface area contributed by atoms with Crippen LogP contribution in [0.4, 0.5) is 4.79 Å². The first-order valence-corrected chi connectivity index (χ1v) is 7.04. The van der Waals surface area contributed by atoms with Crippen LogP contribution in [-0.4, -0.2) is 42.7 Å². The fraction of sp³-hybridized carbons (Fsp3) is 0.467. The summed E-state index contributed by atoms with van der Waals surface area (Å²) in [4.78, 5) is 25.4. The van der Waals surface area contributed by atoms with Crippen molar-refractivity contribution in [1.29, 1.82) is 0 Å². The number of carbonyl (C=O) groups excluding carboxylic acids is 2. The Hall–Kier alpha value is -2.24. The number of methoxy groups -OCH3 is 1. The molecule has 2 aliphatic rings. The van der Waals surface area contributed by atoms with Crippen molar-refractivity contribution in [2.45, 2.75) is 31.5 Å². The Bertz CT molecular complexity index is 539. The van der Waals surface area contributed by atoms with E-state index < -0.39 is 12.1 Å². The summed E-state index contributed by atoms with van der Waals surface area (Å²) < 4.78 is 10.1. The number of ether oxygens (including phenoxy) is 2. The molecule has 1 saturated heterocycles. The zero-order valence-corrected chi connectivity index (χ0v) is 11.9. The molecule has 1 N–H and O–H groups in total. The predicted molar refractivity (Wildman–Crippen MR) is 74.8 cm³/mol. The maximum atomic E-state index is 12.1. The van der Waals surface area contributed by atoms with Crippen molar-refractivity contribution in [3.63, 3.8) is 0 Å².